The molecule has 21 heavy (non-hydrogen) atoms. The summed E-state index contributed by atoms with van der Waals surface area (Å²) in [5.41, 5.74) is 6.47. The minimum Gasteiger partial charge on any atom is -0.478 e. The van der Waals surface area contributed by atoms with Crippen molar-refractivity contribution in [2.45, 2.75) is 18.4 Å². The third-order valence-electron chi connectivity index (χ3n) is 3.40. The number of rotatable bonds is 4. The second-order valence-electron chi connectivity index (χ2n) is 5.02. The maximum absolute atomic E-state index is 12.3. The molecule has 0 bridgehead atoms. The number of benzene rings is 1. The van der Waals surface area contributed by atoms with E-state index in [1.807, 2.05) is 0 Å². The molecule has 1 heterocycles. The summed E-state index contributed by atoms with van der Waals surface area (Å²) in [5, 5.41) is 11.4. The van der Waals surface area contributed by atoms with Crippen LogP contribution in [-0.2, 0) is 14.3 Å². The zero-order valence-electron chi connectivity index (χ0n) is 11.5. The first kappa shape index (κ1) is 15.2. The van der Waals surface area contributed by atoms with Crippen molar-refractivity contribution < 1.29 is 19.4 Å². The summed E-state index contributed by atoms with van der Waals surface area (Å²) in [4.78, 5) is 22.8. The van der Waals surface area contributed by atoms with Crippen molar-refractivity contribution in [3.63, 3.8) is 0 Å². The van der Waals surface area contributed by atoms with E-state index in [1.165, 1.54) is 6.08 Å². The van der Waals surface area contributed by atoms with Crippen LogP contribution in [-0.4, -0.2) is 35.7 Å². The molecule has 0 aliphatic carbocycles. The number of nitrogens with one attached hydrogen (secondary N) is 1. The lowest BCUT2D eigenvalue weighted by molar-refractivity contribution is -0.131. The number of carbonyl (C=O) groups is 2. The molecular weight excluding hydrogens is 272 g/mol. The fourth-order valence-corrected chi connectivity index (χ4v) is 2.11. The summed E-state index contributed by atoms with van der Waals surface area (Å²) in [6.45, 7) is 0.955. The highest BCUT2D eigenvalue weighted by molar-refractivity contribution is 5.98. The second kappa shape index (κ2) is 6.51. The Morgan fingerprint density at radius 1 is 1.33 bits per heavy atom. The minimum absolute atomic E-state index is 0.245. The van der Waals surface area contributed by atoms with Crippen molar-refractivity contribution in [3.05, 3.63) is 35.9 Å². The normalized spacial score (nSPS) is 17.6. The van der Waals surface area contributed by atoms with E-state index in [0.717, 1.165) is 6.08 Å². The summed E-state index contributed by atoms with van der Waals surface area (Å²) in [5.74, 6) is -1.27. The highest BCUT2D eigenvalue weighted by atomic mass is 16.5. The van der Waals surface area contributed by atoms with Gasteiger partial charge in [-0.15, -0.1) is 0 Å². The zero-order chi connectivity index (χ0) is 15.3. The average Bonchev–Trinajstić information content (AvgIpc) is 2.46. The summed E-state index contributed by atoms with van der Waals surface area (Å²) in [7, 11) is 0. The Labute approximate surface area is 122 Å². The van der Waals surface area contributed by atoms with Crippen molar-refractivity contribution in [1.82, 2.24) is 0 Å². The number of hydrogen-bond donors (Lipinski definition) is 3. The maximum Gasteiger partial charge on any atom is 0.328 e. The molecule has 0 atom stereocenters. The summed E-state index contributed by atoms with van der Waals surface area (Å²) in [6.07, 6.45) is 3.48. The van der Waals surface area contributed by atoms with Crippen LogP contribution in [0.3, 0.4) is 0 Å². The molecule has 0 spiro atoms. The van der Waals surface area contributed by atoms with Crippen molar-refractivity contribution in [2.24, 2.45) is 5.73 Å². The first-order valence-electron chi connectivity index (χ1n) is 6.69. The van der Waals surface area contributed by atoms with Crippen LogP contribution in [0.15, 0.2) is 30.3 Å². The van der Waals surface area contributed by atoms with Crippen LogP contribution in [0.25, 0.3) is 6.08 Å². The van der Waals surface area contributed by atoms with E-state index in [-0.39, 0.29) is 5.91 Å². The fourth-order valence-electron chi connectivity index (χ4n) is 2.11. The molecule has 1 saturated heterocycles. The molecule has 1 fully saturated rings. The van der Waals surface area contributed by atoms with E-state index >= 15 is 0 Å². The third-order valence-corrected chi connectivity index (χ3v) is 3.40. The van der Waals surface area contributed by atoms with Gasteiger partial charge in [0.15, 0.2) is 0 Å². The monoisotopic (exact) mass is 290 g/mol. The van der Waals surface area contributed by atoms with Gasteiger partial charge in [0, 0.05) is 25.0 Å². The number of aliphatic carboxylic acids is 1. The molecule has 1 aliphatic heterocycles. The Kier molecular flexibility index (Phi) is 4.72. The van der Waals surface area contributed by atoms with Crippen LogP contribution < -0.4 is 11.1 Å². The summed E-state index contributed by atoms with van der Waals surface area (Å²) < 4.78 is 5.21. The molecule has 6 nitrogen and oxygen atoms in total. The van der Waals surface area contributed by atoms with E-state index in [4.69, 9.17) is 15.6 Å². The number of carboxylic acid groups (broad SMARTS) is 1. The second-order valence-corrected chi connectivity index (χ2v) is 5.02. The first-order valence-corrected chi connectivity index (χ1v) is 6.69. The van der Waals surface area contributed by atoms with Gasteiger partial charge in [-0.3, -0.25) is 4.79 Å². The molecule has 0 aromatic heterocycles. The lowest BCUT2D eigenvalue weighted by Crippen LogP contribution is -2.54. The smallest absolute Gasteiger partial charge is 0.328 e. The Morgan fingerprint density at radius 3 is 2.71 bits per heavy atom. The van der Waals surface area contributed by atoms with Gasteiger partial charge in [-0.1, -0.05) is 12.1 Å². The van der Waals surface area contributed by atoms with Gasteiger partial charge >= 0.3 is 5.97 Å². The highest BCUT2D eigenvalue weighted by Crippen LogP contribution is 2.21. The third kappa shape index (κ3) is 4.14. The topological polar surface area (TPSA) is 102 Å². The number of amides is 1. The van der Waals surface area contributed by atoms with Crippen molar-refractivity contribution in [3.8, 4) is 0 Å². The quantitative estimate of drug-likeness (QED) is 0.724. The van der Waals surface area contributed by atoms with Gasteiger partial charge < -0.3 is 20.9 Å². The Hall–Kier alpha value is -2.18. The van der Waals surface area contributed by atoms with E-state index in [1.54, 1.807) is 24.3 Å². The molecule has 112 valence electrons. The van der Waals surface area contributed by atoms with Crippen LogP contribution in [0, 0.1) is 0 Å². The molecule has 0 unspecified atom stereocenters. The number of carboxylic acids is 1. The lowest BCUT2D eigenvalue weighted by Gasteiger charge is -2.31. The number of carbonyl (C=O) groups excluding carboxylic acids is 1. The molecule has 0 saturated carbocycles. The van der Waals surface area contributed by atoms with Crippen LogP contribution in [0.2, 0.25) is 0 Å². The van der Waals surface area contributed by atoms with Gasteiger partial charge in [0.1, 0.15) is 5.54 Å². The van der Waals surface area contributed by atoms with Gasteiger partial charge in [-0.25, -0.2) is 4.79 Å². The molecule has 4 N–H and O–H groups in total. The van der Waals surface area contributed by atoms with Crippen molar-refractivity contribution in [1.29, 1.82) is 0 Å². The van der Waals surface area contributed by atoms with Crippen LogP contribution >= 0.6 is 0 Å². The SMILES string of the molecule is NC1(C(=O)Nc2cccc(/C=C/C(=O)O)c2)CCOCC1. The molecule has 0 radical (unpaired) electrons. The molecule has 2 rings (SSSR count). The summed E-state index contributed by atoms with van der Waals surface area (Å²) >= 11 is 0. The van der Waals surface area contributed by atoms with E-state index in [2.05, 4.69) is 5.32 Å². The van der Waals surface area contributed by atoms with Crippen LogP contribution in [0.5, 0.6) is 0 Å². The summed E-state index contributed by atoms with van der Waals surface area (Å²) in [6, 6.07) is 6.92. The Balaban J connectivity index is 2.07. The molecule has 1 aromatic rings. The Morgan fingerprint density at radius 2 is 2.05 bits per heavy atom. The molecular formula is C15H18N2O4. The first-order chi connectivity index (χ1) is 9.99. The fraction of sp³-hybridized carbons (Fsp3) is 0.333. The number of ether oxygens (including phenoxy) is 1. The standard InChI is InChI=1S/C15H18N2O4/c16-15(6-8-21-9-7-15)14(20)17-12-3-1-2-11(10-12)4-5-13(18)19/h1-5,10H,6-9,16H2,(H,17,20)(H,18,19)/b5-4+. The Bertz CT molecular complexity index is 563. The van der Waals surface area contributed by atoms with Crippen LogP contribution in [0.4, 0.5) is 5.69 Å². The molecule has 1 amide bonds. The largest absolute Gasteiger partial charge is 0.478 e. The van der Waals surface area contributed by atoms with Gasteiger partial charge in [0.05, 0.1) is 0 Å². The van der Waals surface area contributed by atoms with E-state index < -0.39 is 11.5 Å². The van der Waals surface area contributed by atoms with Gasteiger partial charge in [-0.05, 0) is 36.6 Å². The molecule has 1 aliphatic rings. The van der Waals surface area contributed by atoms with Crippen molar-refractivity contribution in [2.75, 3.05) is 18.5 Å². The molecule has 6 heteroatoms. The zero-order valence-corrected chi connectivity index (χ0v) is 11.5. The number of hydrogen-bond acceptors (Lipinski definition) is 4. The lowest BCUT2D eigenvalue weighted by atomic mass is 9.90. The average molecular weight is 290 g/mol. The number of anilines is 1. The number of nitrogens with two attached hydrogens (primary N) is 1. The predicted octanol–water partition coefficient (Wildman–Crippen LogP) is 1.23. The van der Waals surface area contributed by atoms with Gasteiger partial charge in [-0.2, -0.15) is 0 Å². The van der Waals surface area contributed by atoms with Gasteiger partial charge in [0.25, 0.3) is 0 Å². The minimum atomic E-state index is -1.02. The predicted molar refractivity (Wildman–Crippen MR) is 78.7 cm³/mol. The highest BCUT2D eigenvalue weighted by Gasteiger charge is 2.35. The van der Waals surface area contributed by atoms with E-state index in [9.17, 15) is 9.59 Å². The van der Waals surface area contributed by atoms with E-state index in [0.29, 0.717) is 37.3 Å². The van der Waals surface area contributed by atoms with Gasteiger partial charge in [0.2, 0.25) is 5.91 Å². The maximum atomic E-state index is 12.3. The van der Waals surface area contributed by atoms with Crippen LogP contribution in [0.1, 0.15) is 18.4 Å². The van der Waals surface area contributed by atoms with Crippen molar-refractivity contribution >= 4 is 23.6 Å². The molecule has 1 aromatic carbocycles.